The van der Waals surface area contributed by atoms with Gasteiger partial charge in [0, 0.05) is 32.0 Å². The number of benzene rings is 1. The molecule has 1 aromatic rings. The molecule has 2 amide bonds. The van der Waals surface area contributed by atoms with Crippen LogP contribution in [0.1, 0.15) is 31.2 Å². The summed E-state index contributed by atoms with van der Waals surface area (Å²) in [7, 11) is 0. The molecule has 2 bridgehead atoms. The van der Waals surface area contributed by atoms with Gasteiger partial charge in [0.05, 0.1) is 18.1 Å². The van der Waals surface area contributed by atoms with Gasteiger partial charge in [-0.05, 0) is 31.2 Å². The molecular weight excluding hydrogens is 316 g/mol. The minimum atomic E-state index is 0.0186. The number of hydrogen-bond donors (Lipinski definition) is 1. The molecule has 3 aliphatic heterocycles. The lowest BCUT2D eigenvalue weighted by atomic mass is 9.88. The minimum Gasteiger partial charge on any atom is -0.374 e. The molecule has 4 rings (SSSR count). The number of ether oxygens (including phenoxy) is 1. The van der Waals surface area contributed by atoms with E-state index in [1.165, 1.54) is 5.56 Å². The van der Waals surface area contributed by atoms with Gasteiger partial charge in [-0.2, -0.15) is 0 Å². The fourth-order valence-corrected chi connectivity index (χ4v) is 4.41. The number of nitrogens with zero attached hydrogens (tertiary/aromatic N) is 1. The number of carbonyl (C=O) groups is 2. The van der Waals surface area contributed by atoms with Gasteiger partial charge in [-0.1, -0.05) is 30.3 Å². The molecule has 3 heterocycles. The number of nitrogens with one attached hydrogen (secondary N) is 1. The highest BCUT2D eigenvalue weighted by atomic mass is 16.5. The largest absolute Gasteiger partial charge is 0.374 e. The van der Waals surface area contributed by atoms with E-state index in [1.54, 1.807) is 0 Å². The lowest BCUT2D eigenvalue weighted by Crippen LogP contribution is -2.39. The SMILES string of the molecule is O=C(NC[C@@H]1CC(=O)N(CCc2ccccc2)C1)[C@H]1C[C@H]2CC[C@H]1O2. The summed E-state index contributed by atoms with van der Waals surface area (Å²) in [6.07, 6.45) is 4.82. The quantitative estimate of drug-likeness (QED) is 0.857. The second-order valence-electron chi connectivity index (χ2n) is 7.61. The fraction of sp³-hybridized carbons (Fsp3) is 0.600. The lowest BCUT2D eigenvalue weighted by molar-refractivity contribution is -0.128. The molecule has 134 valence electrons. The molecule has 4 atom stereocenters. The van der Waals surface area contributed by atoms with Crippen molar-refractivity contribution in [3.8, 4) is 0 Å². The normalized spacial score (nSPS) is 30.9. The summed E-state index contributed by atoms with van der Waals surface area (Å²) in [6, 6.07) is 10.2. The van der Waals surface area contributed by atoms with Crippen LogP contribution in [0.15, 0.2) is 30.3 Å². The fourth-order valence-electron chi connectivity index (χ4n) is 4.41. The first-order valence-corrected chi connectivity index (χ1v) is 9.44. The zero-order chi connectivity index (χ0) is 17.2. The van der Waals surface area contributed by atoms with Crippen molar-refractivity contribution >= 4 is 11.8 Å². The molecule has 1 aromatic carbocycles. The summed E-state index contributed by atoms with van der Waals surface area (Å²) in [6.45, 7) is 2.10. The molecule has 0 aromatic heterocycles. The topological polar surface area (TPSA) is 58.6 Å². The first-order valence-electron chi connectivity index (χ1n) is 9.44. The van der Waals surface area contributed by atoms with Gasteiger partial charge >= 0.3 is 0 Å². The van der Waals surface area contributed by atoms with Gasteiger partial charge in [-0.25, -0.2) is 0 Å². The van der Waals surface area contributed by atoms with Crippen molar-refractivity contribution in [1.82, 2.24) is 10.2 Å². The number of fused-ring (bicyclic) bond motifs is 2. The smallest absolute Gasteiger partial charge is 0.225 e. The molecule has 0 aliphatic carbocycles. The van der Waals surface area contributed by atoms with Crippen LogP contribution in [0.5, 0.6) is 0 Å². The van der Waals surface area contributed by atoms with Crippen molar-refractivity contribution in [1.29, 1.82) is 0 Å². The summed E-state index contributed by atoms with van der Waals surface area (Å²) >= 11 is 0. The van der Waals surface area contributed by atoms with E-state index in [-0.39, 0.29) is 29.8 Å². The molecule has 25 heavy (non-hydrogen) atoms. The molecule has 0 unspecified atom stereocenters. The zero-order valence-corrected chi connectivity index (χ0v) is 14.5. The predicted molar refractivity (Wildman–Crippen MR) is 93.8 cm³/mol. The van der Waals surface area contributed by atoms with Crippen molar-refractivity contribution < 1.29 is 14.3 Å². The third-order valence-electron chi connectivity index (χ3n) is 5.82. The second kappa shape index (κ2) is 7.16. The van der Waals surface area contributed by atoms with Crippen LogP contribution in [0.3, 0.4) is 0 Å². The predicted octanol–water partition coefficient (Wildman–Crippen LogP) is 1.76. The Morgan fingerprint density at radius 3 is 2.80 bits per heavy atom. The Labute approximate surface area is 148 Å². The van der Waals surface area contributed by atoms with Gasteiger partial charge in [-0.15, -0.1) is 0 Å². The Kier molecular flexibility index (Phi) is 4.75. The van der Waals surface area contributed by atoms with Crippen molar-refractivity contribution in [2.75, 3.05) is 19.6 Å². The highest BCUT2D eigenvalue weighted by molar-refractivity contribution is 5.81. The van der Waals surface area contributed by atoms with Crippen LogP contribution in [0, 0.1) is 11.8 Å². The van der Waals surface area contributed by atoms with Crippen LogP contribution >= 0.6 is 0 Å². The van der Waals surface area contributed by atoms with Crippen molar-refractivity contribution in [2.45, 2.75) is 44.3 Å². The maximum Gasteiger partial charge on any atom is 0.225 e. The average Bonchev–Trinajstić information content (AvgIpc) is 3.34. The number of amides is 2. The van der Waals surface area contributed by atoms with Crippen LogP contribution in [-0.4, -0.2) is 48.6 Å². The maximum absolute atomic E-state index is 12.4. The van der Waals surface area contributed by atoms with Gasteiger partial charge in [0.1, 0.15) is 0 Å². The standard InChI is InChI=1S/C20H26N2O3/c23-19-10-15(13-22(19)9-8-14-4-2-1-3-5-14)12-21-20(24)17-11-16-6-7-18(17)25-16/h1-5,15-18H,6-13H2,(H,21,24)/t15-,16+,17-,18+/m0/s1. The van der Waals surface area contributed by atoms with Crippen molar-refractivity contribution in [3.63, 3.8) is 0 Å². The van der Waals surface area contributed by atoms with E-state index in [0.29, 0.717) is 19.1 Å². The van der Waals surface area contributed by atoms with E-state index < -0.39 is 0 Å². The summed E-state index contributed by atoms with van der Waals surface area (Å²) < 4.78 is 5.76. The Bertz CT molecular complexity index is 633. The third-order valence-corrected chi connectivity index (χ3v) is 5.82. The zero-order valence-electron chi connectivity index (χ0n) is 14.5. The molecule has 0 spiro atoms. The Morgan fingerprint density at radius 1 is 1.24 bits per heavy atom. The molecule has 5 nitrogen and oxygen atoms in total. The molecule has 0 saturated carbocycles. The Morgan fingerprint density at radius 2 is 2.08 bits per heavy atom. The van der Waals surface area contributed by atoms with Gasteiger partial charge in [-0.3, -0.25) is 9.59 Å². The minimum absolute atomic E-state index is 0.0186. The van der Waals surface area contributed by atoms with E-state index in [2.05, 4.69) is 17.4 Å². The Hall–Kier alpha value is -1.88. The third kappa shape index (κ3) is 3.71. The Balaban J connectivity index is 1.21. The lowest BCUT2D eigenvalue weighted by Gasteiger charge is -2.20. The van der Waals surface area contributed by atoms with Gasteiger partial charge in [0.25, 0.3) is 0 Å². The van der Waals surface area contributed by atoms with E-state index >= 15 is 0 Å². The van der Waals surface area contributed by atoms with Crippen molar-refractivity contribution in [3.05, 3.63) is 35.9 Å². The van der Waals surface area contributed by atoms with E-state index in [4.69, 9.17) is 4.74 Å². The first-order chi connectivity index (χ1) is 12.2. The van der Waals surface area contributed by atoms with Gasteiger partial charge < -0.3 is 15.0 Å². The van der Waals surface area contributed by atoms with Crippen LogP contribution in [0.25, 0.3) is 0 Å². The number of carbonyl (C=O) groups excluding carboxylic acids is 2. The molecule has 3 fully saturated rings. The van der Waals surface area contributed by atoms with Gasteiger partial charge in [0.2, 0.25) is 11.8 Å². The molecule has 3 saturated heterocycles. The molecular formula is C20H26N2O3. The first kappa shape index (κ1) is 16.6. The molecule has 1 N–H and O–H groups in total. The molecule has 5 heteroatoms. The van der Waals surface area contributed by atoms with Crippen LogP contribution in [0.2, 0.25) is 0 Å². The van der Waals surface area contributed by atoms with Gasteiger partial charge in [0.15, 0.2) is 0 Å². The van der Waals surface area contributed by atoms with E-state index in [1.807, 2.05) is 23.1 Å². The summed E-state index contributed by atoms with van der Waals surface area (Å²) in [4.78, 5) is 26.5. The van der Waals surface area contributed by atoms with Crippen LogP contribution in [0.4, 0.5) is 0 Å². The van der Waals surface area contributed by atoms with Crippen molar-refractivity contribution in [2.24, 2.45) is 11.8 Å². The second-order valence-corrected chi connectivity index (χ2v) is 7.61. The summed E-state index contributed by atoms with van der Waals surface area (Å²) in [5.74, 6) is 0.567. The summed E-state index contributed by atoms with van der Waals surface area (Å²) in [5.41, 5.74) is 1.25. The highest BCUT2D eigenvalue weighted by Gasteiger charge is 2.44. The maximum atomic E-state index is 12.4. The number of rotatable bonds is 6. The number of likely N-dealkylation sites (tertiary alicyclic amines) is 1. The van der Waals surface area contributed by atoms with Crippen LogP contribution < -0.4 is 5.32 Å². The number of hydrogen-bond acceptors (Lipinski definition) is 3. The van der Waals surface area contributed by atoms with E-state index in [9.17, 15) is 9.59 Å². The highest BCUT2D eigenvalue weighted by Crippen LogP contribution is 2.38. The summed E-state index contributed by atoms with van der Waals surface area (Å²) in [5, 5.41) is 3.07. The van der Waals surface area contributed by atoms with E-state index in [0.717, 1.165) is 38.8 Å². The van der Waals surface area contributed by atoms with Crippen LogP contribution in [-0.2, 0) is 20.7 Å². The molecule has 0 radical (unpaired) electrons. The average molecular weight is 342 g/mol. The molecule has 3 aliphatic rings. The monoisotopic (exact) mass is 342 g/mol.